The van der Waals surface area contributed by atoms with Crippen molar-refractivity contribution in [2.45, 2.75) is 29.9 Å². The number of hydrogen-bond acceptors (Lipinski definition) is 7. The third kappa shape index (κ3) is 6.06. The van der Waals surface area contributed by atoms with Crippen molar-refractivity contribution < 1.29 is 18.0 Å². The van der Waals surface area contributed by atoms with Gasteiger partial charge in [0.05, 0.1) is 4.90 Å². The molecule has 1 heterocycles. The van der Waals surface area contributed by atoms with Crippen molar-refractivity contribution in [1.29, 1.82) is 0 Å². The predicted molar refractivity (Wildman–Crippen MR) is 126 cm³/mol. The number of primary sulfonamides is 1. The van der Waals surface area contributed by atoms with Crippen LogP contribution in [0.2, 0.25) is 5.02 Å². The first-order chi connectivity index (χ1) is 14.7. The van der Waals surface area contributed by atoms with Gasteiger partial charge in [-0.25, -0.2) is 23.6 Å². The van der Waals surface area contributed by atoms with Crippen LogP contribution < -0.4 is 5.14 Å². The average molecular weight is 498 g/mol. The van der Waals surface area contributed by atoms with E-state index in [0.29, 0.717) is 28.6 Å². The molecule has 0 aliphatic carbocycles. The Morgan fingerprint density at radius 1 is 1.19 bits per heavy atom. The minimum Gasteiger partial charge on any atom is -0.430 e. The highest BCUT2D eigenvalue weighted by molar-refractivity contribution is 8.22. The van der Waals surface area contributed by atoms with Crippen LogP contribution in [-0.2, 0) is 10.0 Å². The van der Waals surface area contributed by atoms with Gasteiger partial charge in [0.15, 0.2) is 10.1 Å². The van der Waals surface area contributed by atoms with E-state index in [1.54, 1.807) is 36.4 Å². The van der Waals surface area contributed by atoms with Crippen molar-refractivity contribution in [3.63, 3.8) is 0 Å². The van der Waals surface area contributed by atoms with Gasteiger partial charge in [-0.05, 0) is 55.0 Å². The zero-order chi connectivity index (χ0) is 22.6. The highest BCUT2D eigenvalue weighted by atomic mass is 35.5. The molecule has 31 heavy (non-hydrogen) atoms. The molecule has 164 valence electrons. The number of rotatable bonds is 7. The van der Waals surface area contributed by atoms with Gasteiger partial charge in [0.2, 0.25) is 10.0 Å². The molecule has 1 aromatic heterocycles. The first-order valence-corrected chi connectivity index (χ1v) is 12.4. The van der Waals surface area contributed by atoms with Gasteiger partial charge in [-0.3, -0.25) is 5.21 Å². The molecule has 0 spiro atoms. The molecule has 3 rings (SSSR count). The van der Waals surface area contributed by atoms with E-state index in [4.69, 9.17) is 33.4 Å². The molecule has 3 N–H and O–H groups in total. The van der Waals surface area contributed by atoms with Crippen LogP contribution in [0.4, 0.5) is 0 Å². The number of hydrogen-bond donors (Lipinski definition) is 2. The molecule has 0 amide bonds. The quantitative estimate of drug-likeness (QED) is 0.261. The molecule has 11 heteroatoms. The predicted octanol–water partition coefficient (Wildman–Crippen LogP) is 5.18. The van der Waals surface area contributed by atoms with Gasteiger partial charge in [-0.15, -0.1) is 0 Å². The zero-order valence-corrected chi connectivity index (χ0v) is 19.7. The molecular formula is C20H20ClN3O4S3. The summed E-state index contributed by atoms with van der Waals surface area (Å²) in [6.45, 7) is 2.43. The van der Waals surface area contributed by atoms with Crippen LogP contribution in [0.5, 0.6) is 0 Å². The van der Waals surface area contributed by atoms with Crippen LogP contribution in [0.3, 0.4) is 0 Å². The molecule has 0 bridgehead atoms. The number of thioether (sulfide) groups is 1. The van der Waals surface area contributed by atoms with Gasteiger partial charge in [0, 0.05) is 34.5 Å². The summed E-state index contributed by atoms with van der Waals surface area (Å²) in [7, 11) is -3.81. The number of benzene rings is 2. The van der Waals surface area contributed by atoms with Crippen molar-refractivity contribution >= 4 is 49.9 Å². The van der Waals surface area contributed by atoms with Gasteiger partial charge >= 0.3 is 0 Å². The van der Waals surface area contributed by atoms with E-state index in [0.717, 1.165) is 35.2 Å². The van der Waals surface area contributed by atoms with Crippen LogP contribution >= 0.6 is 35.6 Å². The molecule has 0 radical (unpaired) electrons. The van der Waals surface area contributed by atoms with Crippen LogP contribution in [0.1, 0.15) is 19.8 Å². The van der Waals surface area contributed by atoms with E-state index < -0.39 is 10.0 Å². The molecule has 0 atom stereocenters. The van der Waals surface area contributed by atoms with E-state index >= 15 is 0 Å². The normalized spacial score (nSPS) is 11.5. The molecular weight excluding hydrogens is 478 g/mol. The first kappa shape index (κ1) is 23.7. The molecule has 7 nitrogen and oxygen atoms in total. The van der Waals surface area contributed by atoms with Crippen LogP contribution in [-0.4, -0.2) is 34.5 Å². The number of unbranched alkanes of at least 4 members (excludes halogenated alkanes) is 1. The second kappa shape index (κ2) is 10.1. The topological polar surface area (TPSA) is 110 Å². The Kier molecular flexibility index (Phi) is 7.73. The van der Waals surface area contributed by atoms with Crippen LogP contribution in [0, 0.1) is 0 Å². The lowest BCUT2D eigenvalue weighted by Gasteiger charge is -2.14. The van der Waals surface area contributed by atoms with Gasteiger partial charge in [0.1, 0.15) is 5.69 Å². The Bertz CT molecular complexity index is 1160. The minimum atomic E-state index is -3.81. The maximum Gasteiger partial charge on any atom is 0.264 e. The van der Waals surface area contributed by atoms with Gasteiger partial charge in [-0.2, -0.15) is 0 Å². The number of aromatic nitrogens is 1. The molecule has 0 saturated heterocycles. The number of nitrogens with two attached hydrogens (primary N) is 1. The molecule has 0 fully saturated rings. The van der Waals surface area contributed by atoms with E-state index in [9.17, 15) is 13.6 Å². The SMILES string of the molecule is CCCCN(O)C(=S)Sc1nc(-c2ccc(S(N)(=O)=O)cc2)c(-c2ccc(Cl)cc2)o1. The Balaban J connectivity index is 1.98. The van der Waals surface area contributed by atoms with Crippen molar-refractivity contribution in [1.82, 2.24) is 10.0 Å². The Morgan fingerprint density at radius 3 is 2.39 bits per heavy atom. The molecule has 0 saturated carbocycles. The maximum absolute atomic E-state index is 11.6. The molecule has 2 aromatic carbocycles. The standard InChI is InChI=1S/C20H20ClN3O4S3/c1-2-3-12-24(25)20(29)30-19-23-17(13-6-10-16(11-7-13)31(22,26)27)18(28-19)14-4-8-15(21)9-5-14/h4-11,25H,2-3,12H2,1H3,(H2,22,26,27). The zero-order valence-electron chi connectivity index (χ0n) is 16.5. The largest absolute Gasteiger partial charge is 0.430 e. The third-order valence-electron chi connectivity index (χ3n) is 4.28. The second-order valence-electron chi connectivity index (χ2n) is 6.58. The van der Waals surface area contributed by atoms with Crippen molar-refractivity contribution in [2.75, 3.05) is 6.54 Å². The summed E-state index contributed by atoms with van der Waals surface area (Å²) in [5.41, 5.74) is 1.85. The highest BCUT2D eigenvalue weighted by Gasteiger charge is 2.20. The number of hydroxylamine groups is 2. The lowest BCUT2D eigenvalue weighted by atomic mass is 10.1. The third-order valence-corrected chi connectivity index (χ3v) is 6.66. The maximum atomic E-state index is 11.6. The number of sulfonamides is 1. The van der Waals surface area contributed by atoms with E-state index in [2.05, 4.69) is 4.98 Å². The Morgan fingerprint density at radius 2 is 1.81 bits per heavy atom. The van der Waals surface area contributed by atoms with Crippen LogP contribution in [0.15, 0.2) is 63.1 Å². The minimum absolute atomic E-state index is 0.00425. The smallest absolute Gasteiger partial charge is 0.264 e. The summed E-state index contributed by atoms with van der Waals surface area (Å²) < 4.78 is 29.3. The summed E-state index contributed by atoms with van der Waals surface area (Å²) >= 11 is 12.3. The summed E-state index contributed by atoms with van der Waals surface area (Å²) in [4.78, 5) is 4.53. The van der Waals surface area contributed by atoms with Crippen molar-refractivity contribution in [3.05, 3.63) is 53.6 Å². The van der Waals surface area contributed by atoms with E-state index in [1.807, 2.05) is 6.92 Å². The summed E-state index contributed by atoms with van der Waals surface area (Å²) in [5.74, 6) is 0.461. The molecule has 0 unspecified atom stereocenters. The number of oxazole rings is 1. The summed E-state index contributed by atoms with van der Waals surface area (Å²) in [6.07, 6.45) is 1.71. The highest BCUT2D eigenvalue weighted by Crippen LogP contribution is 2.37. The Labute approximate surface area is 195 Å². The van der Waals surface area contributed by atoms with Gasteiger partial charge in [0.25, 0.3) is 5.22 Å². The number of halogens is 1. The lowest BCUT2D eigenvalue weighted by molar-refractivity contribution is -0.00878. The average Bonchev–Trinajstić information content (AvgIpc) is 3.15. The van der Waals surface area contributed by atoms with Gasteiger partial charge < -0.3 is 4.42 Å². The molecule has 0 aliphatic rings. The van der Waals surface area contributed by atoms with Crippen molar-refractivity contribution in [3.8, 4) is 22.6 Å². The van der Waals surface area contributed by atoms with E-state index in [1.165, 1.54) is 12.1 Å². The summed E-state index contributed by atoms with van der Waals surface area (Å²) in [6, 6.07) is 13.0. The number of thiocarbonyl (C=S) groups is 1. The van der Waals surface area contributed by atoms with Gasteiger partial charge in [-0.1, -0.05) is 37.1 Å². The Hall–Kier alpha value is -1.95. The monoisotopic (exact) mass is 497 g/mol. The summed E-state index contributed by atoms with van der Waals surface area (Å²) in [5, 5.41) is 17.1. The first-order valence-electron chi connectivity index (χ1n) is 9.27. The fourth-order valence-electron chi connectivity index (χ4n) is 2.67. The fraction of sp³-hybridized carbons (Fsp3) is 0.200. The second-order valence-corrected chi connectivity index (χ2v) is 10.2. The van der Waals surface area contributed by atoms with E-state index in [-0.39, 0.29) is 14.4 Å². The fourth-order valence-corrected chi connectivity index (χ4v) is 4.22. The van der Waals surface area contributed by atoms with Crippen molar-refractivity contribution in [2.24, 2.45) is 5.14 Å². The molecule has 0 aliphatic heterocycles. The molecule has 3 aromatic rings. The van der Waals surface area contributed by atoms with Crippen LogP contribution in [0.25, 0.3) is 22.6 Å². The number of nitrogens with zero attached hydrogens (tertiary/aromatic N) is 2. The lowest BCUT2D eigenvalue weighted by Crippen LogP contribution is -2.24.